The smallest absolute Gasteiger partial charge is 0.223 e. The summed E-state index contributed by atoms with van der Waals surface area (Å²) >= 11 is 1.67. The van der Waals surface area contributed by atoms with Crippen LogP contribution in [-0.2, 0) is 11.2 Å². The summed E-state index contributed by atoms with van der Waals surface area (Å²) in [6.45, 7) is 0.783. The molecule has 0 aliphatic carbocycles. The number of thiophene rings is 1. The van der Waals surface area contributed by atoms with Crippen LogP contribution in [0.25, 0.3) is 0 Å². The van der Waals surface area contributed by atoms with Gasteiger partial charge in [0.25, 0.3) is 0 Å². The van der Waals surface area contributed by atoms with E-state index < -0.39 is 5.82 Å². The molecule has 106 valence electrons. The highest BCUT2D eigenvalue weighted by atomic mass is 32.1. The third kappa shape index (κ3) is 4.66. The van der Waals surface area contributed by atoms with Gasteiger partial charge in [0.1, 0.15) is 0 Å². The molecule has 0 spiro atoms. The van der Waals surface area contributed by atoms with Crippen molar-refractivity contribution in [2.45, 2.75) is 12.8 Å². The van der Waals surface area contributed by atoms with Gasteiger partial charge in [0, 0.05) is 11.4 Å². The molecule has 1 aromatic carbocycles. The molecular weight excluding hydrogens is 277 g/mol. The summed E-state index contributed by atoms with van der Waals surface area (Å²) in [6.07, 6.45) is 1.05. The zero-order valence-corrected chi connectivity index (χ0v) is 11.8. The van der Waals surface area contributed by atoms with Crippen LogP contribution in [0, 0.1) is 5.82 Å². The fourth-order valence-corrected chi connectivity index (χ4v) is 2.39. The second kappa shape index (κ2) is 7.65. The summed E-state index contributed by atoms with van der Waals surface area (Å²) in [5.74, 6) is -0.317. The largest absolute Gasteiger partial charge is 0.490 e. The first-order chi connectivity index (χ1) is 9.75. The second-order valence-corrected chi connectivity index (χ2v) is 5.24. The number of carbonyl (C=O) groups is 1. The van der Waals surface area contributed by atoms with Gasteiger partial charge in [-0.05, 0) is 30.0 Å². The molecule has 0 saturated heterocycles. The Bertz CT molecular complexity index is 543. The molecule has 0 fully saturated rings. The lowest BCUT2D eigenvalue weighted by Gasteiger charge is -2.07. The van der Waals surface area contributed by atoms with Crippen LogP contribution in [0.4, 0.5) is 4.39 Å². The van der Waals surface area contributed by atoms with Gasteiger partial charge in [-0.1, -0.05) is 18.2 Å². The van der Waals surface area contributed by atoms with Crippen LogP contribution in [0.5, 0.6) is 5.75 Å². The van der Waals surface area contributed by atoms with E-state index >= 15 is 0 Å². The predicted octanol–water partition coefficient (Wildman–Crippen LogP) is 3.02. The Labute approximate surface area is 121 Å². The zero-order valence-electron chi connectivity index (χ0n) is 11.0. The van der Waals surface area contributed by atoms with Gasteiger partial charge in [0.15, 0.2) is 11.6 Å². The lowest BCUT2D eigenvalue weighted by atomic mass is 10.3. The van der Waals surface area contributed by atoms with E-state index in [0.29, 0.717) is 6.54 Å². The van der Waals surface area contributed by atoms with Crippen molar-refractivity contribution in [1.82, 2.24) is 5.32 Å². The van der Waals surface area contributed by atoms with Crippen LogP contribution >= 0.6 is 11.3 Å². The summed E-state index contributed by atoms with van der Waals surface area (Å²) in [5, 5.41) is 4.83. The number of hydrogen-bond acceptors (Lipinski definition) is 3. The van der Waals surface area contributed by atoms with E-state index in [1.165, 1.54) is 10.9 Å². The van der Waals surface area contributed by atoms with Crippen LogP contribution in [0.3, 0.4) is 0 Å². The number of carbonyl (C=O) groups excluding carboxylic acids is 1. The Morgan fingerprint density at radius 3 is 2.85 bits per heavy atom. The minimum atomic E-state index is -0.411. The highest BCUT2D eigenvalue weighted by Gasteiger charge is 2.04. The molecule has 0 saturated carbocycles. The topological polar surface area (TPSA) is 38.3 Å². The fraction of sp³-hybridized carbons (Fsp3) is 0.267. The maximum absolute atomic E-state index is 13.2. The minimum absolute atomic E-state index is 0.0853. The van der Waals surface area contributed by atoms with E-state index in [1.54, 1.807) is 29.5 Å². The van der Waals surface area contributed by atoms with E-state index in [9.17, 15) is 9.18 Å². The molecule has 1 aromatic heterocycles. The molecule has 0 unspecified atom stereocenters. The van der Waals surface area contributed by atoms with E-state index in [-0.39, 0.29) is 24.7 Å². The molecule has 20 heavy (non-hydrogen) atoms. The van der Waals surface area contributed by atoms with Gasteiger partial charge in [0.2, 0.25) is 5.91 Å². The Hall–Kier alpha value is -1.88. The van der Waals surface area contributed by atoms with Gasteiger partial charge in [-0.2, -0.15) is 0 Å². The average molecular weight is 293 g/mol. The molecule has 1 N–H and O–H groups in total. The normalized spacial score (nSPS) is 10.2. The third-order valence-corrected chi connectivity index (χ3v) is 3.63. The first-order valence-corrected chi connectivity index (χ1v) is 7.30. The lowest BCUT2D eigenvalue weighted by molar-refractivity contribution is -0.121. The maximum atomic E-state index is 13.2. The highest BCUT2D eigenvalue weighted by Crippen LogP contribution is 2.15. The number of rotatable bonds is 7. The van der Waals surface area contributed by atoms with Crippen molar-refractivity contribution in [2.75, 3.05) is 13.2 Å². The van der Waals surface area contributed by atoms with E-state index in [4.69, 9.17) is 4.74 Å². The van der Waals surface area contributed by atoms with E-state index in [2.05, 4.69) is 5.32 Å². The lowest BCUT2D eigenvalue weighted by Crippen LogP contribution is -2.26. The van der Waals surface area contributed by atoms with E-state index in [1.807, 2.05) is 17.5 Å². The Balaban J connectivity index is 1.62. The molecule has 2 aromatic rings. The average Bonchev–Trinajstić information content (AvgIpc) is 2.94. The SMILES string of the molecule is O=C(CCOc1ccccc1F)NCCc1cccs1. The van der Waals surface area contributed by atoms with Gasteiger partial charge in [-0.3, -0.25) is 4.79 Å². The van der Waals surface area contributed by atoms with Crippen molar-refractivity contribution in [3.63, 3.8) is 0 Å². The summed E-state index contributed by atoms with van der Waals surface area (Å²) in [5.41, 5.74) is 0. The molecule has 3 nitrogen and oxygen atoms in total. The molecule has 1 amide bonds. The molecule has 5 heteroatoms. The monoisotopic (exact) mass is 293 g/mol. The fourth-order valence-electron chi connectivity index (χ4n) is 1.68. The number of para-hydroxylation sites is 1. The van der Waals surface area contributed by atoms with Crippen molar-refractivity contribution in [2.24, 2.45) is 0 Å². The quantitative estimate of drug-likeness (QED) is 0.852. The number of nitrogens with one attached hydrogen (secondary N) is 1. The predicted molar refractivity (Wildman–Crippen MR) is 77.5 cm³/mol. The van der Waals surface area contributed by atoms with E-state index in [0.717, 1.165) is 6.42 Å². The molecule has 2 rings (SSSR count). The van der Waals surface area contributed by atoms with Crippen molar-refractivity contribution in [1.29, 1.82) is 0 Å². The third-order valence-electron chi connectivity index (χ3n) is 2.70. The Morgan fingerprint density at radius 1 is 1.25 bits per heavy atom. The van der Waals surface area contributed by atoms with Gasteiger partial charge < -0.3 is 10.1 Å². The number of halogens is 1. The first kappa shape index (κ1) is 14.5. The van der Waals surface area contributed by atoms with Crippen molar-refractivity contribution < 1.29 is 13.9 Å². The molecule has 0 bridgehead atoms. The van der Waals surface area contributed by atoms with Crippen LogP contribution < -0.4 is 10.1 Å². The Kier molecular flexibility index (Phi) is 5.55. The van der Waals surface area contributed by atoms with Crippen molar-refractivity contribution in [3.8, 4) is 5.75 Å². The molecule has 0 aliphatic rings. The summed E-state index contributed by atoms with van der Waals surface area (Å²) in [6, 6.07) is 10.2. The van der Waals surface area contributed by atoms with Gasteiger partial charge in [-0.15, -0.1) is 11.3 Å². The van der Waals surface area contributed by atoms with Crippen LogP contribution in [0.2, 0.25) is 0 Å². The summed E-state index contributed by atoms with van der Waals surface area (Å²) < 4.78 is 18.5. The number of hydrogen-bond donors (Lipinski definition) is 1. The van der Waals surface area contributed by atoms with Crippen LogP contribution in [0.1, 0.15) is 11.3 Å². The summed E-state index contributed by atoms with van der Waals surface area (Å²) in [4.78, 5) is 12.8. The number of benzene rings is 1. The Morgan fingerprint density at radius 2 is 2.10 bits per heavy atom. The number of ether oxygens (including phenoxy) is 1. The van der Waals surface area contributed by atoms with Gasteiger partial charge in [0.05, 0.1) is 13.0 Å². The zero-order chi connectivity index (χ0) is 14.2. The number of amides is 1. The first-order valence-electron chi connectivity index (χ1n) is 6.42. The molecule has 0 radical (unpaired) electrons. The molecule has 0 atom stereocenters. The molecular formula is C15H16FNO2S. The van der Waals surface area contributed by atoms with Crippen molar-refractivity contribution in [3.05, 3.63) is 52.5 Å². The second-order valence-electron chi connectivity index (χ2n) is 4.21. The van der Waals surface area contributed by atoms with Gasteiger partial charge >= 0.3 is 0 Å². The van der Waals surface area contributed by atoms with Crippen LogP contribution in [0.15, 0.2) is 41.8 Å². The highest BCUT2D eigenvalue weighted by molar-refractivity contribution is 7.09. The molecule has 1 heterocycles. The minimum Gasteiger partial charge on any atom is -0.490 e. The maximum Gasteiger partial charge on any atom is 0.223 e. The summed E-state index contributed by atoms with van der Waals surface area (Å²) in [7, 11) is 0. The molecule has 0 aliphatic heterocycles. The van der Waals surface area contributed by atoms with Gasteiger partial charge in [-0.25, -0.2) is 4.39 Å². The standard InChI is InChI=1S/C15H16FNO2S/c16-13-5-1-2-6-14(13)19-10-8-15(18)17-9-7-12-4-3-11-20-12/h1-6,11H,7-10H2,(H,17,18). The van der Waals surface area contributed by atoms with Crippen molar-refractivity contribution >= 4 is 17.2 Å². The van der Waals surface area contributed by atoms with Crippen LogP contribution in [-0.4, -0.2) is 19.1 Å².